The van der Waals surface area contributed by atoms with Gasteiger partial charge >= 0.3 is 12.0 Å². The van der Waals surface area contributed by atoms with Crippen LogP contribution in [0.15, 0.2) is 18.2 Å². The molecule has 2 amide bonds. The summed E-state index contributed by atoms with van der Waals surface area (Å²) < 4.78 is 0. The van der Waals surface area contributed by atoms with Gasteiger partial charge in [0.2, 0.25) is 0 Å². The Morgan fingerprint density at radius 2 is 1.94 bits per heavy atom. The van der Waals surface area contributed by atoms with E-state index in [0.29, 0.717) is 11.3 Å². The molecular formula is C13H18N2O3. The van der Waals surface area contributed by atoms with E-state index in [1.165, 1.54) is 6.07 Å². The van der Waals surface area contributed by atoms with E-state index >= 15 is 0 Å². The van der Waals surface area contributed by atoms with E-state index in [2.05, 4.69) is 5.32 Å². The number of carboxylic acid groups (broad SMARTS) is 1. The highest BCUT2D eigenvalue weighted by Crippen LogP contribution is 2.16. The standard InChI is InChI=1S/C13H18N2O3/c1-8(2)15(4)13(18)14-10-6-5-9(3)11(7-10)12(16)17/h5-8H,1-4H3,(H,14,18)(H,16,17). The molecule has 0 aromatic heterocycles. The molecular weight excluding hydrogens is 232 g/mol. The fourth-order valence-corrected chi connectivity index (χ4v) is 1.38. The highest BCUT2D eigenvalue weighted by molar-refractivity contribution is 5.94. The summed E-state index contributed by atoms with van der Waals surface area (Å²) in [6.07, 6.45) is 0. The van der Waals surface area contributed by atoms with Gasteiger partial charge < -0.3 is 15.3 Å². The first-order valence-electron chi connectivity index (χ1n) is 5.70. The quantitative estimate of drug-likeness (QED) is 0.866. The van der Waals surface area contributed by atoms with Crippen molar-refractivity contribution in [3.63, 3.8) is 0 Å². The van der Waals surface area contributed by atoms with E-state index in [0.717, 1.165) is 0 Å². The predicted octanol–water partition coefficient (Wildman–Crippen LogP) is 2.57. The van der Waals surface area contributed by atoms with Crippen LogP contribution in [0.5, 0.6) is 0 Å². The zero-order valence-electron chi connectivity index (χ0n) is 11.0. The fourth-order valence-electron chi connectivity index (χ4n) is 1.38. The summed E-state index contributed by atoms with van der Waals surface area (Å²) in [4.78, 5) is 24.3. The molecule has 0 spiro atoms. The number of hydrogen-bond donors (Lipinski definition) is 2. The Kier molecular flexibility index (Phi) is 4.31. The molecule has 1 aromatic carbocycles. The van der Waals surface area contributed by atoms with Gasteiger partial charge in [-0.2, -0.15) is 0 Å². The largest absolute Gasteiger partial charge is 0.478 e. The van der Waals surface area contributed by atoms with Gasteiger partial charge in [0, 0.05) is 18.8 Å². The minimum absolute atomic E-state index is 0.0781. The average molecular weight is 250 g/mol. The SMILES string of the molecule is Cc1ccc(NC(=O)N(C)C(C)C)cc1C(=O)O. The predicted molar refractivity (Wildman–Crippen MR) is 70.1 cm³/mol. The molecule has 98 valence electrons. The summed E-state index contributed by atoms with van der Waals surface area (Å²) >= 11 is 0. The van der Waals surface area contributed by atoms with E-state index in [1.54, 1.807) is 31.0 Å². The van der Waals surface area contributed by atoms with Gasteiger partial charge in [0.05, 0.1) is 5.56 Å². The number of aryl methyl sites for hydroxylation is 1. The van der Waals surface area contributed by atoms with Crippen molar-refractivity contribution in [2.75, 3.05) is 12.4 Å². The minimum atomic E-state index is -0.999. The first-order valence-corrected chi connectivity index (χ1v) is 5.70. The first kappa shape index (κ1) is 14.0. The molecule has 0 atom stereocenters. The molecule has 1 rings (SSSR count). The number of rotatable bonds is 3. The van der Waals surface area contributed by atoms with E-state index in [-0.39, 0.29) is 17.6 Å². The summed E-state index contributed by atoms with van der Waals surface area (Å²) in [6, 6.07) is 4.64. The number of carbonyl (C=O) groups excluding carboxylic acids is 1. The zero-order chi connectivity index (χ0) is 13.9. The Labute approximate surface area is 106 Å². The number of nitrogens with zero attached hydrogens (tertiary/aromatic N) is 1. The number of carbonyl (C=O) groups is 2. The third-order valence-electron chi connectivity index (χ3n) is 2.81. The maximum atomic E-state index is 11.8. The second-order valence-corrected chi connectivity index (χ2v) is 4.47. The van der Waals surface area contributed by atoms with Gasteiger partial charge in [0.15, 0.2) is 0 Å². The Bertz CT molecular complexity index is 469. The van der Waals surface area contributed by atoms with Crippen molar-refractivity contribution in [2.24, 2.45) is 0 Å². The lowest BCUT2D eigenvalue weighted by molar-refractivity contribution is 0.0696. The first-order chi connectivity index (χ1) is 8.32. The Balaban J connectivity index is 2.89. The van der Waals surface area contributed by atoms with Gasteiger partial charge in [-0.25, -0.2) is 9.59 Å². The van der Waals surface area contributed by atoms with Crippen LogP contribution >= 0.6 is 0 Å². The number of hydrogen-bond acceptors (Lipinski definition) is 2. The number of anilines is 1. The van der Waals surface area contributed by atoms with Gasteiger partial charge in [-0.1, -0.05) is 6.07 Å². The minimum Gasteiger partial charge on any atom is -0.478 e. The Morgan fingerprint density at radius 3 is 2.44 bits per heavy atom. The van der Waals surface area contributed by atoms with Crippen molar-refractivity contribution in [3.8, 4) is 0 Å². The lowest BCUT2D eigenvalue weighted by atomic mass is 10.1. The molecule has 0 aliphatic heterocycles. The van der Waals surface area contributed by atoms with Gasteiger partial charge in [-0.15, -0.1) is 0 Å². The van der Waals surface area contributed by atoms with E-state index in [9.17, 15) is 9.59 Å². The van der Waals surface area contributed by atoms with Crippen molar-refractivity contribution in [1.82, 2.24) is 4.90 Å². The van der Waals surface area contributed by atoms with Crippen LogP contribution in [0, 0.1) is 6.92 Å². The molecule has 0 saturated carbocycles. The maximum absolute atomic E-state index is 11.8. The van der Waals surface area contributed by atoms with Crippen molar-refractivity contribution >= 4 is 17.7 Å². The lowest BCUT2D eigenvalue weighted by Gasteiger charge is -2.22. The maximum Gasteiger partial charge on any atom is 0.336 e. The monoisotopic (exact) mass is 250 g/mol. The molecule has 0 bridgehead atoms. The highest BCUT2D eigenvalue weighted by Gasteiger charge is 2.13. The van der Waals surface area contributed by atoms with Crippen LogP contribution < -0.4 is 5.32 Å². The van der Waals surface area contributed by atoms with Crippen LogP contribution in [-0.4, -0.2) is 35.1 Å². The summed E-state index contributed by atoms with van der Waals surface area (Å²) in [7, 11) is 1.69. The molecule has 2 N–H and O–H groups in total. The average Bonchev–Trinajstić information content (AvgIpc) is 2.29. The number of amides is 2. The number of urea groups is 1. The number of carboxylic acids is 1. The van der Waals surface area contributed by atoms with Crippen LogP contribution in [0.1, 0.15) is 29.8 Å². The normalized spacial score (nSPS) is 10.3. The van der Waals surface area contributed by atoms with Crippen LogP contribution in [0.2, 0.25) is 0 Å². The molecule has 18 heavy (non-hydrogen) atoms. The molecule has 1 aromatic rings. The van der Waals surface area contributed by atoms with E-state index in [4.69, 9.17) is 5.11 Å². The zero-order valence-corrected chi connectivity index (χ0v) is 11.0. The lowest BCUT2D eigenvalue weighted by Crippen LogP contribution is -2.36. The third kappa shape index (κ3) is 3.23. The molecule has 0 aliphatic carbocycles. The molecule has 0 fully saturated rings. The van der Waals surface area contributed by atoms with Crippen LogP contribution in [0.3, 0.4) is 0 Å². The molecule has 5 heteroatoms. The van der Waals surface area contributed by atoms with Gasteiger partial charge in [-0.05, 0) is 38.5 Å². The fraction of sp³-hybridized carbons (Fsp3) is 0.385. The van der Waals surface area contributed by atoms with Crippen LogP contribution in [-0.2, 0) is 0 Å². The second-order valence-electron chi connectivity index (χ2n) is 4.47. The van der Waals surface area contributed by atoms with E-state index in [1.807, 2.05) is 13.8 Å². The molecule has 5 nitrogen and oxygen atoms in total. The molecule has 0 radical (unpaired) electrons. The molecule has 0 heterocycles. The summed E-state index contributed by atoms with van der Waals surface area (Å²) in [5.74, 6) is -0.999. The number of aromatic carboxylic acids is 1. The number of nitrogens with one attached hydrogen (secondary N) is 1. The van der Waals surface area contributed by atoms with Gasteiger partial charge in [0.1, 0.15) is 0 Å². The summed E-state index contributed by atoms with van der Waals surface area (Å²) in [5.41, 5.74) is 1.34. The molecule has 0 aliphatic rings. The summed E-state index contributed by atoms with van der Waals surface area (Å²) in [5, 5.41) is 11.7. The second kappa shape index (κ2) is 5.53. The highest BCUT2D eigenvalue weighted by atomic mass is 16.4. The van der Waals surface area contributed by atoms with Crippen LogP contribution in [0.4, 0.5) is 10.5 Å². The van der Waals surface area contributed by atoms with E-state index < -0.39 is 5.97 Å². The number of benzene rings is 1. The van der Waals surface area contributed by atoms with Crippen molar-refractivity contribution in [2.45, 2.75) is 26.8 Å². The third-order valence-corrected chi connectivity index (χ3v) is 2.81. The van der Waals surface area contributed by atoms with Gasteiger partial charge in [0.25, 0.3) is 0 Å². The Hall–Kier alpha value is -2.04. The molecule has 0 saturated heterocycles. The smallest absolute Gasteiger partial charge is 0.336 e. The van der Waals surface area contributed by atoms with Crippen LogP contribution in [0.25, 0.3) is 0 Å². The Morgan fingerprint density at radius 1 is 1.33 bits per heavy atom. The van der Waals surface area contributed by atoms with Gasteiger partial charge in [-0.3, -0.25) is 0 Å². The topological polar surface area (TPSA) is 69.6 Å². The molecule has 0 unspecified atom stereocenters. The summed E-state index contributed by atoms with van der Waals surface area (Å²) in [6.45, 7) is 5.52. The van der Waals surface area contributed by atoms with Crippen molar-refractivity contribution in [1.29, 1.82) is 0 Å². The van der Waals surface area contributed by atoms with Crippen molar-refractivity contribution < 1.29 is 14.7 Å². The van der Waals surface area contributed by atoms with Crippen molar-refractivity contribution in [3.05, 3.63) is 29.3 Å².